The van der Waals surface area contributed by atoms with Gasteiger partial charge in [-0.3, -0.25) is 0 Å². The van der Waals surface area contributed by atoms with E-state index in [4.69, 9.17) is 4.74 Å². The van der Waals surface area contributed by atoms with Gasteiger partial charge in [0.25, 0.3) is 0 Å². The van der Waals surface area contributed by atoms with Crippen LogP contribution in [0.3, 0.4) is 0 Å². The molecular formula is C11H12O2. The summed E-state index contributed by atoms with van der Waals surface area (Å²) in [6, 6.07) is 0. The summed E-state index contributed by atoms with van der Waals surface area (Å²) < 4.78 is 4.91. The molecule has 0 saturated heterocycles. The van der Waals surface area contributed by atoms with Crippen molar-refractivity contribution >= 4 is 5.97 Å². The monoisotopic (exact) mass is 176 g/mol. The molecule has 0 aromatic heterocycles. The topological polar surface area (TPSA) is 26.3 Å². The van der Waals surface area contributed by atoms with E-state index in [1.54, 1.807) is 0 Å². The van der Waals surface area contributed by atoms with Crippen LogP contribution in [0.4, 0.5) is 0 Å². The van der Waals surface area contributed by atoms with E-state index in [9.17, 15) is 4.79 Å². The molecule has 13 heavy (non-hydrogen) atoms. The van der Waals surface area contributed by atoms with E-state index in [0.717, 1.165) is 5.57 Å². The Morgan fingerprint density at radius 3 is 2.77 bits per heavy atom. The predicted octanol–water partition coefficient (Wildman–Crippen LogP) is 1.99. The quantitative estimate of drug-likeness (QED) is 0.527. The van der Waals surface area contributed by atoms with Crippen LogP contribution >= 0.6 is 0 Å². The minimum atomic E-state index is -0.200. The Bertz CT molecular complexity index is 343. The van der Waals surface area contributed by atoms with Crippen molar-refractivity contribution in [2.45, 2.75) is 13.8 Å². The predicted molar refractivity (Wildman–Crippen MR) is 50.0 cm³/mol. The van der Waals surface area contributed by atoms with Crippen LogP contribution in [0.15, 0.2) is 35.5 Å². The van der Waals surface area contributed by atoms with E-state index >= 15 is 0 Å². The van der Waals surface area contributed by atoms with Crippen molar-refractivity contribution < 1.29 is 9.53 Å². The maximum atomic E-state index is 11.2. The van der Waals surface area contributed by atoms with E-state index in [2.05, 4.69) is 19.9 Å². The lowest BCUT2D eigenvalue weighted by atomic mass is 9.93. The number of esters is 1. The molecule has 0 atom stereocenters. The van der Waals surface area contributed by atoms with Gasteiger partial charge in [-0.15, -0.1) is 0 Å². The molecule has 0 unspecified atom stereocenters. The van der Waals surface area contributed by atoms with Crippen molar-refractivity contribution in [1.29, 1.82) is 0 Å². The highest BCUT2D eigenvalue weighted by Gasteiger charge is 2.24. The molecule has 68 valence electrons. The Hall–Kier alpha value is -1.31. The summed E-state index contributed by atoms with van der Waals surface area (Å²) in [6.07, 6.45) is 7.97. The molecule has 2 aliphatic rings. The third kappa shape index (κ3) is 1.44. The average Bonchev–Trinajstić information content (AvgIpc) is 2.32. The van der Waals surface area contributed by atoms with E-state index in [1.807, 2.05) is 18.2 Å². The van der Waals surface area contributed by atoms with Crippen LogP contribution in [0.25, 0.3) is 0 Å². The zero-order chi connectivity index (χ0) is 9.47. The zero-order valence-electron chi connectivity index (χ0n) is 7.83. The van der Waals surface area contributed by atoms with E-state index in [-0.39, 0.29) is 11.4 Å². The Balaban J connectivity index is 2.42. The molecule has 2 heteroatoms. The molecule has 0 aromatic rings. The minimum Gasteiger partial charge on any atom is -0.457 e. The number of hydrogen-bond donors (Lipinski definition) is 0. The highest BCUT2D eigenvalue weighted by molar-refractivity contribution is 5.95. The van der Waals surface area contributed by atoms with Gasteiger partial charge in [0.1, 0.15) is 6.61 Å². The van der Waals surface area contributed by atoms with Crippen LogP contribution in [-0.4, -0.2) is 12.6 Å². The molecule has 2 nitrogen and oxygen atoms in total. The molecule has 2 rings (SSSR count). The summed E-state index contributed by atoms with van der Waals surface area (Å²) in [5.41, 5.74) is 1.73. The van der Waals surface area contributed by atoms with Gasteiger partial charge in [-0.2, -0.15) is 0 Å². The number of rotatable bonds is 0. The second-order valence-corrected chi connectivity index (χ2v) is 4.00. The van der Waals surface area contributed by atoms with Crippen LogP contribution in [0, 0.1) is 5.41 Å². The maximum Gasteiger partial charge on any atom is 0.338 e. The standard InChI is InChI=1S/C11H12O2/c1-11(2)5-3-8-7-13-10(12)9(8)4-6-11/h3-6H,7H2,1-2H3. The molecule has 1 aliphatic heterocycles. The number of carbonyl (C=O) groups is 1. The molecule has 0 spiro atoms. The average molecular weight is 176 g/mol. The van der Waals surface area contributed by atoms with Gasteiger partial charge in [-0.1, -0.05) is 38.2 Å². The van der Waals surface area contributed by atoms with Crippen molar-refractivity contribution in [2.24, 2.45) is 5.41 Å². The Labute approximate surface area is 77.6 Å². The fourth-order valence-corrected chi connectivity index (χ4v) is 1.41. The fraction of sp³-hybridized carbons (Fsp3) is 0.364. The number of ether oxygens (including phenoxy) is 1. The second kappa shape index (κ2) is 2.59. The number of hydrogen-bond acceptors (Lipinski definition) is 2. The van der Waals surface area contributed by atoms with E-state index in [0.29, 0.717) is 12.2 Å². The lowest BCUT2D eigenvalue weighted by molar-refractivity contribution is -0.135. The van der Waals surface area contributed by atoms with Gasteiger partial charge in [-0.05, 0) is 0 Å². The van der Waals surface area contributed by atoms with Crippen molar-refractivity contribution in [3.8, 4) is 0 Å². The molecule has 0 bridgehead atoms. The third-order valence-electron chi connectivity index (χ3n) is 2.32. The van der Waals surface area contributed by atoms with Crippen molar-refractivity contribution in [3.05, 3.63) is 35.5 Å². The minimum absolute atomic E-state index is 0.0324. The van der Waals surface area contributed by atoms with Gasteiger partial charge in [0, 0.05) is 11.0 Å². The molecule has 0 amide bonds. The molecule has 0 N–H and O–H groups in total. The first-order valence-corrected chi connectivity index (χ1v) is 4.37. The third-order valence-corrected chi connectivity index (χ3v) is 2.32. The first-order valence-electron chi connectivity index (χ1n) is 4.37. The molecular weight excluding hydrogens is 164 g/mol. The Morgan fingerprint density at radius 2 is 2.00 bits per heavy atom. The van der Waals surface area contributed by atoms with Crippen LogP contribution < -0.4 is 0 Å². The summed E-state index contributed by atoms with van der Waals surface area (Å²) in [5.74, 6) is -0.200. The SMILES string of the molecule is CC1(C)C=CC2=C(C=C1)C(=O)OC2. The van der Waals surface area contributed by atoms with E-state index in [1.165, 1.54) is 0 Å². The highest BCUT2D eigenvalue weighted by atomic mass is 16.5. The summed E-state index contributed by atoms with van der Waals surface area (Å²) in [4.78, 5) is 11.2. The summed E-state index contributed by atoms with van der Waals surface area (Å²) in [5, 5.41) is 0. The first-order chi connectivity index (χ1) is 6.08. The number of allylic oxidation sites excluding steroid dienone is 2. The van der Waals surface area contributed by atoms with Crippen molar-refractivity contribution in [3.63, 3.8) is 0 Å². The van der Waals surface area contributed by atoms with Gasteiger partial charge >= 0.3 is 5.97 Å². The number of carbonyl (C=O) groups excluding carboxylic acids is 1. The molecule has 1 aliphatic carbocycles. The normalized spacial score (nSPS) is 24.3. The smallest absolute Gasteiger partial charge is 0.338 e. The lowest BCUT2D eigenvalue weighted by Gasteiger charge is -2.12. The largest absolute Gasteiger partial charge is 0.457 e. The van der Waals surface area contributed by atoms with Gasteiger partial charge < -0.3 is 4.74 Å². The van der Waals surface area contributed by atoms with Crippen molar-refractivity contribution in [2.75, 3.05) is 6.61 Å². The molecule has 0 fully saturated rings. The summed E-state index contributed by atoms with van der Waals surface area (Å²) >= 11 is 0. The Kier molecular flexibility index (Phi) is 1.65. The van der Waals surface area contributed by atoms with Crippen LogP contribution in [0.2, 0.25) is 0 Å². The molecule has 0 saturated carbocycles. The van der Waals surface area contributed by atoms with Gasteiger partial charge in [-0.25, -0.2) is 4.79 Å². The van der Waals surface area contributed by atoms with Gasteiger partial charge in [0.05, 0.1) is 5.57 Å². The van der Waals surface area contributed by atoms with Gasteiger partial charge in [0.2, 0.25) is 0 Å². The molecule has 1 heterocycles. The second-order valence-electron chi connectivity index (χ2n) is 4.00. The van der Waals surface area contributed by atoms with Crippen LogP contribution in [0.5, 0.6) is 0 Å². The number of cyclic esters (lactones) is 1. The van der Waals surface area contributed by atoms with Gasteiger partial charge in [0.15, 0.2) is 0 Å². The molecule has 0 aromatic carbocycles. The van der Waals surface area contributed by atoms with Crippen LogP contribution in [0.1, 0.15) is 13.8 Å². The fourth-order valence-electron chi connectivity index (χ4n) is 1.41. The van der Waals surface area contributed by atoms with E-state index < -0.39 is 0 Å². The van der Waals surface area contributed by atoms with Crippen LogP contribution in [-0.2, 0) is 9.53 Å². The zero-order valence-corrected chi connectivity index (χ0v) is 7.83. The highest BCUT2D eigenvalue weighted by Crippen LogP contribution is 2.28. The summed E-state index contributed by atoms with van der Waals surface area (Å²) in [6.45, 7) is 4.63. The maximum absolute atomic E-state index is 11.2. The summed E-state index contributed by atoms with van der Waals surface area (Å²) in [7, 11) is 0. The lowest BCUT2D eigenvalue weighted by Crippen LogP contribution is -2.03. The molecule has 0 radical (unpaired) electrons. The van der Waals surface area contributed by atoms with Crippen molar-refractivity contribution in [1.82, 2.24) is 0 Å². The first kappa shape index (κ1) is 8.30. The Morgan fingerprint density at radius 1 is 1.31 bits per heavy atom.